The number of aryl methyl sites for hydroxylation is 2. The molecule has 0 fully saturated rings. The van der Waals surface area contributed by atoms with Gasteiger partial charge in [0, 0.05) is 25.4 Å². The molecule has 5 nitrogen and oxygen atoms in total. The van der Waals surface area contributed by atoms with E-state index in [0.29, 0.717) is 6.61 Å². The van der Waals surface area contributed by atoms with Crippen LogP contribution in [0, 0.1) is 0 Å². The lowest BCUT2D eigenvalue weighted by atomic mass is 10.1. The molecule has 1 rings (SSSR count). The Balaban J connectivity index is 2.69. The molecule has 16 heavy (non-hydrogen) atoms. The Hall–Kier alpha value is -0.910. The molecule has 0 amide bonds. The van der Waals surface area contributed by atoms with E-state index in [0.717, 1.165) is 30.7 Å². The highest BCUT2D eigenvalue weighted by atomic mass is 16.5. The summed E-state index contributed by atoms with van der Waals surface area (Å²) in [5, 5.41) is 4.39. The first-order valence-corrected chi connectivity index (χ1v) is 5.79. The monoisotopic (exact) mass is 226 g/mol. The molecular formula is C11H22N4O. The zero-order valence-corrected chi connectivity index (χ0v) is 10.4. The molecular weight excluding hydrogens is 204 g/mol. The van der Waals surface area contributed by atoms with Crippen molar-refractivity contribution in [2.45, 2.75) is 32.7 Å². The third-order valence-electron chi connectivity index (χ3n) is 2.48. The average Bonchev–Trinajstić information content (AvgIpc) is 2.66. The fourth-order valence-corrected chi connectivity index (χ4v) is 1.69. The first kappa shape index (κ1) is 13.2. The van der Waals surface area contributed by atoms with Crippen LogP contribution in [0.2, 0.25) is 0 Å². The van der Waals surface area contributed by atoms with Crippen LogP contribution >= 0.6 is 0 Å². The van der Waals surface area contributed by atoms with Gasteiger partial charge in [-0.15, -0.1) is 0 Å². The predicted octanol–water partition coefficient (Wildman–Crippen LogP) is 0.913. The van der Waals surface area contributed by atoms with Crippen molar-refractivity contribution in [1.82, 2.24) is 15.2 Å². The topological polar surface area (TPSA) is 65.1 Å². The van der Waals surface area contributed by atoms with Crippen molar-refractivity contribution < 1.29 is 4.74 Å². The molecule has 1 atom stereocenters. The van der Waals surface area contributed by atoms with Gasteiger partial charge in [0.25, 0.3) is 0 Å². The van der Waals surface area contributed by atoms with Gasteiger partial charge in [0.1, 0.15) is 0 Å². The SMILES string of the molecule is CCCOCC(NN)c1cn(C)nc1CC. The minimum atomic E-state index is 0.0233. The lowest BCUT2D eigenvalue weighted by Gasteiger charge is -2.15. The van der Waals surface area contributed by atoms with Gasteiger partial charge in [-0.3, -0.25) is 16.0 Å². The van der Waals surface area contributed by atoms with Crippen LogP contribution in [-0.4, -0.2) is 23.0 Å². The molecule has 1 aromatic heterocycles. The highest BCUT2D eigenvalue weighted by Crippen LogP contribution is 2.17. The van der Waals surface area contributed by atoms with E-state index < -0.39 is 0 Å². The van der Waals surface area contributed by atoms with Crippen LogP contribution in [0.1, 0.15) is 37.6 Å². The summed E-state index contributed by atoms with van der Waals surface area (Å²) >= 11 is 0. The number of hydrazine groups is 1. The van der Waals surface area contributed by atoms with Crippen LogP contribution in [-0.2, 0) is 18.2 Å². The lowest BCUT2D eigenvalue weighted by molar-refractivity contribution is 0.112. The fourth-order valence-electron chi connectivity index (χ4n) is 1.69. The summed E-state index contributed by atoms with van der Waals surface area (Å²) in [6.07, 6.45) is 3.92. The summed E-state index contributed by atoms with van der Waals surface area (Å²) in [6, 6.07) is 0.0233. The molecule has 92 valence electrons. The van der Waals surface area contributed by atoms with Gasteiger partial charge >= 0.3 is 0 Å². The Labute approximate surface area is 96.9 Å². The summed E-state index contributed by atoms with van der Waals surface area (Å²) in [6.45, 7) is 5.53. The van der Waals surface area contributed by atoms with Gasteiger partial charge in [0.05, 0.1) is 18.3 Å². The molecule has 1 heterocycles. The molecule has 0 saturated heterocycles. The minimum Gasteiger partial charge on any atom is -0.379 e. The quantitative estimate of drug-likeness (QED) is 0.412. The van der Waals surface area contributed by atoms with E-state index in [9.17, 15) is 0 Å². The largest absolute Gasteiger partial charge is 0.379 e. The Morgan fingerprint density at radius 2 is 2.31 bits per heavy atom. The molecule has 0 saturated carbocycles. The molecule has 0 aliphatic carbocycles. The van der Waals surface area contributed by atoms with Crippen LogP contribution in [0.4, 0.5) is 0 Å². The highest BCUT2D eigenvalue weighted by molar-refractivity contribution is 5.21. The molecule has 0 radical (unpaired) electrons. The normalized spacial score (nSPS) is 13.0. The average molecular weight is 226 g/mol. The van der Waals surface area contributed by atoms with Crippen molar-refractivity contribution in [2.75, 3.05) is 13.2 Å². The molecule has 1 aromatic rings. The maximum absolute atomic E-state index is 5.55. The summed E-state index contributed by atoms with van der Waals surface area (Å²) in [4.78, 5) is 0. The Morgan fingerprint density at radius 3 is 2.88 bits per heavy atom. The number of nitrogens with one attached hydrogen (secondary N) is 1. The zero-order valence-electron chi connectivity index (χ0n) is 10.4. The summed E-state index contributed by atoms with van der Waals surface area (Å²) in [5.41, 5.74) is 4.99. The summed E-state index contributed by atoms with van der Waals surface area (Å²) in [5.74, 6) is 5.55. The Morgan fingerprint density at radius 1 is 1.56 bits per heavy atom. The van der Waals surface area contributed by atoms with E-state index in [4.69, 9.17) is 10.6 Å². The van der Waals surface area contributed by atoms with Gasteiger partial charge in [-0.25, -0.2) is 0 Å². The molecule has 0 aliphatic rings. The van der Waals surface area contributed by atoms with E-state index in [2.05, 4.69) is 24.4 Å². The second-order valence-electron chi connectivity index (χ2n) is 3.85. The van der Waals surface area contributed by atoms with Crippen LogP contribution in [0.15, 0.2) is 6.20 Å². The van der Waals surface area contributed by atoms with Crippen LogP contribution in [0.3, 0.4) is 0 Å². The van der Waals surface area contributed by atoms with Crippen molar-refractivity contribution in [2.24, 2.45) is 12.9 Å². The van der Waals surface area contributed by atoms with Gasteiger partial charge in [0.2, 0.25) is 0 Å². The van der Waals surface area contributed by atoms with E-state index in [1.807, 2.05) is 17.9 Å². The van der Waals surface area contributed by atoms with E-state index in [1.54, 1.807) is 0 Å². The number of ether oxygens (including phenoxy) is 1. The second-order valence-corrected chi connectivity index (χ2v) is 3.85. The van der Waals surface area contributed by atoms with Crippen molar-refractivity contribution in [3.8, 4) is 0 Å². The number of aromatic nitrogens is 2. The molecule has 5 heteroatoms. The molecule has 1 unspecified atom stereocenters. The van der Waals surface area contributed by atoms with E-state index in [-0.39, 0.29) is 6.04 Å². The van der Waals surface area contributed by atoms with Crippen molar-refractivity contribution >= 4 is 0 Å². The summed E-state index contributed by atoms with van der Waals surface area (Å²) < 4.78 is 7.34. The van der Waals surface area contributed by atoms with Crippen LogP contribution < -0.4 is 11.3 Å². The summed E-state index contributed by atoms with van der Waals surface area (Å²) in [7, 11) is 1.92. The van der Waals surface area contributed by atoms with Crippen LogP contribution in [0.25, 0.3) is 0 Å². The first-order chi connectivity index (χ1) is 7.72. The number of nitrogens with two attached hydrogens (primary N) is 1. The number of nitrogens with zero attached hydrogens (tertiary/aromatic N) is 2. The standard InChI is InChI=1S/C11H22N4O/c1-4-6-16-8-11(13-12)9-7-15(3)14-10(9)5-2/h7,11,13H,4-6,8,12H2,1-3H3. The van der Waals surface area contributed by atoms with Gasteiger partial charge in [-0.2, -0.15) is 5.10 Å². The van der Waals surface area contributed by atoms with Crippen molar-refractivity contribution in [3.63, 3.8) is 0 Å². The smallest absolute Gasteiger partial charge is 0.0727 e. The third kappa shape index (κ3) is 3.30. The molecule has 0 aliphatic heterocycles. The predicted molar refractivity (Wildman–Crippen MR) is 63.8 cm³/mol. The Kier molecular flexibility index (Phi) is 5.45. The van der Waals surface area contributed by atoms with Crippen LogP contribution in [0.5, 0.6) is 0 Å². The molecule has 3 N–H and O–H groups in total. The van der Waals surface area contributed by atoms with Gasteiger partial charge in [-0.1, -0.05) is 13.8 Å². The maximum atomic E-state index is 5.55. The highest BCUT2D eigenvalue weighted by Gasteiger charge is 2.16. The molecule has 0 aromatic carbocycles. The van der Waals surface area contributed by atoms with Gasteiger partial charge in [-0.05, 0) is 12.8 Å². The molecule has 0 spiro atoms. The number of hydrogen-bond donors (Lipinski definition) is 2. The molecule has 0 bridgehead atoms. The first-order valence-electron chi connectivity index (χ1n) is 5.79. The van der Waals surface area contributed by atoms with Gasteiger partial charge in [0.15, 0.2) is 0 Å². The second kappa shape index (κ2) is 6.62. The zero-order chi connectivity index (χ0) is 12.0. The van der Waals surface area contributed by atoms with Crippen molar-refractivity contribution in [1.29, 1.82) is 0 Å². The van der Waals surface area contributed by atoms with E-state index in [1.165, 1.54) is 0 Å². The fraction of sp³-hybridized carbons (Fsp3) is 0.727. The van der Waals surface area contributed by atoms with Gasteiger partial charge < -0.3 is 4.74 Å². The Bertz CT molecular complexity index is 311. The third-order valence-corrected chi connectivity index (χ3v) is 2.48. The van der Waals surface area contributed by atoms with E-state index >= 15 is 0 Å². The lowest BCUT2D eigenvalue weighted by Crippen LogP contribution is -2.32. The number of rotatable bonds is 7. The maximum Gasteiger partial charge on any atom is 0.0727 e. The van der Waals surface area contributed by atoms with Crippen molar-refractivity contribution in [3.05, 3.63) is 17.5 Å². The minimum absolute atomic E-state index is 0.0233. The number of hydrogen-bond acceptors (Lipinski definition) is 4.